The lowest BCUT2D eigenvalue weighted by atomic mass is 10.2. The molecular formula is C18H22N2O3S. The van der Waals surface area contributed by atoms with Gasteiger partial charge in [0.25, 0.3) is 0 Å². The number of amides is 1. The van der Waals surface area contributed by atoms with Gasteiger partial charge in [-0.05, 0) is 37.6 Å². The number of nitrogens with zero attached hydrogens (tertiary/aromatic N) is 1. The summed E-state index contributed by atoms with van der Waals surface area (Å²) in [6.07, 6.45) is 0. The molecule has 1 N–H and O–H groups in total. The first-order chi connectivity index (χ1) is 11.3. The number of para-hydroxylation sites is 1. The maximum Gasteiger partial charge on any atom is 0.243 e. The maximum absolute atomic E-state index is 12.7. The fourth-order valence-corrected chi connectivity index (χ4v) is 3.69. The van der Waals surface area contributed by atoms with Crippen LogP contribution in [0.25, 0.3) is 0 Å². The summed E-state index contributed by atoms with van der Waals surface area (Å²) in [6.45, 7) is 5.49. The highest BCUT2D eigenvalue weighted by molar-refractivity contribution is 7.89. The Morgan fingerprint density at radius 2 is 1.67 bits per heavy atom. The van der Waals surface area contributed by atoms with Gasteiger partial charge >= 0.3 is 0 Å². The van der Waals surface area contributed by atoms with E-state index in [9.17, 15) is 13.2 Å². The van der Waals surface area contributed by atoms with E-state index in [1.165, 1.54) is 4.31 Å². The number of aryl methyl sites for hydroxylation is 2. The molecule has 0 aliphatic heterocycles. The van der Waals surface area contributed by atoms with Crippen molar-refractivity contribution >= 4 is 21.6 Å². The van der Waals surface area contributed by atoms with Crippen molar-refractivity contribution in [1.29, 1.82) is 0 Å². The molecule has 2 aromatic rings. The quantitative estimate of drug-likeness (QED) is 0.874. The minimum absolute atomic E-state index is 0.193. The van der Waals surface area contributed by atoms with Crippen LogP contribution in [0.5, 0.6) is 0 Å². The van der Waals surface area contributed by atoms with Crippen molar-refractivity contribution in [2.75, 3.05) is 18.4 Å². The highest BCUT2D eigenvalue weighted by Crippen LogP contribution is 2.17. The monoisotopic (exact) mass is 346 g/mol. The van der Waals surface area contributed by atoms with E-state index in [1.54, 1.807) is 37.3 Å². The Kier molecular flexibility index (Phi) is 5.75. The van der Waals surface area contributed by atoms with Crippen LogP contribution in [0.1, 0.15) is 18.1 Å². The van der Waals surface area contributed by atoms with Gasteiger partial charge < -0.3 is 5.32 Å². The minimum atomic E-state index is -3.69. The van der Waals surface area contributed by atoms with E-state index in [0.29, 0.717) is 5.69 Å². The van der Waals surface area contributed by atoms with Crippen molar-refractivity contribution in [3.05, 3.63) is 59.7 Å². The molecule has 128 valence electrons. The largest absolute Gasteiger partial charge is 0.325 e. The molecule has 0 atom stereocenters. The molecule has 0 aliphatic carbocycles. The molecule has 0 spiro atoms. The van der Waals surface area contributed by atoms with Crippen LogP contribution in [0, 0.1) is 13.8 Å². The number of sulfonamides is 1. The fraction of sp³-hybridized carbons (Fsp3) is 0.278. The molecule has 24 heavy (non-hydrogen) atoms. The fourth-order valence-electron chi connectivity index (χ4n) is 2.29. The van der Waals surface area contributed by atoms with E-state index >= 15 is 0 Å². The van der Waals surface area contributed by atoms with Crippen LogP contribution in [0.2, 0.25) is 0 Å². The molecule has 0 heterocycles. The van der Waals surface area contributed by atoms with Gasteiger partial charge in [-0.15, -0.1) is 0 Å². The summed E-state index contributed by atoms with van der Waals surface area (Å²) in [6, 6.07) is 14.0. The van der Waals surface area contributed by atoms with Crippen LogP contribution in [-0.2, 0) is 14.8 Å². The standard InChI is InChI=1S/C18H22N2O3S/c1-4-20(24(22,23)16-11-9-14(2)10-12-16)13-18(21)19-17-8-6-5-7-15(17)3/h5-12H,4,13H2,1-3H3,(H,19,21). The van der Waals surface area contributed by atoms with Crippen molar-refractivity contribution in [3.63, 3.8) is 0 Å². The second-order valence-corrected chi connectivity index (χ2v) is 7.55. The van der Waals surface area contributed by atoms with Crippen molar-refractivity contribution in [3.8, 4) is 0 Å². The molecule has 0 unspecified atom stereocenters. The third kappa shape index (κ3) is 4.21. The zero-order valence-corrected chi connectivity index (χ0v) is 14.9. The summed E-state index contributed by atoms with van der Waals surface area (Å²) in [5.74, 6) is -0.359. The smallest absolute Gasteiger partial charge is 0.243 e. The number of likely N-dealkylation sites (N-methyl/N-ethyl adjacent to an activating group) is 1. The van der Waals surface area contributed by atoms with E-state index in [0.717, 1.165) is 11.1 Å². The van der Waals surface area contributed by atoms with E-state index in [-0.39, 0.29) is 23.9 Å². The molecule has 2 rings (SSSR count). The molecule has 0 fully saturated rings. The Balaban J connectivity index is 2.15. The number of hydrogen-bond acceptors (Lipinski definition) is 3. The van der Waals surface area contributed by atoms with Crippen LogP contribution >= 0.6 is 0 Å². The van der Waals surface area contributed by atoms with Crippen LogP contribution in [0.15, 0.2) is 53.4 Å². The Morgan fingerprint density at radius 3 is 2.25 bits per heavy atom. The van der Waals surface area contributed by atoms with Gasteiger partial charge in [-0.2, -0.15) is 4.31 Å². The topological polar surface area (TPSA) is 66.5 Å². The molecule has 1 amide bonds. The lowest BCUT2D eigenvalue weighted by Gasteiger charge is -2.20. The number of hydrogen-bond donors (Lipinski definition) is 1. The molecule has 0 bridgehead atoms. The van der Waals surface area contributed by atoms with Crippen LogP contribution in [-0.4, -0.2) is 31.7 Å². The third-order valence-electron chi connectivity index (χ3n) is 3.75. The van der Waals surface area contributed by atoms with E-state index < -0.39 is 10.0 Å². The van der Waals surface area contributed by atoms with Gasteiger partial charge in [0.05, 0.1) is 11.4 Å². The molecule has 5 nitrogen and oxygen atoms in total. The van der Waals surface area contributed by atoms with E-state index in [4.69, 9.17) is 0 Å². The average Bonchev–Trinajstić information content (AvgIpc) is 2.55. The van der Waals surface area contributed by atoms with Crippen molar-refractivity contribution in [1.82, 2.24) is 4.31 Å². The summed E-state index contributed by atoms with van der Waals surface area (Å²) in [4.78, 5) is 12.4. The first-order valence-corrected chi connectivity index (χ1v) is 9.21. The van der Waals surface area contributed by atoms with Gasteiger partial charge in [0.15, 0.2) is 0 Å². The molecule has 0 radical (unpaired) electrons. The highest BCUT2D eigenvalue weighted by Gasteiger charge is 2.25. The molecule has 6 heteroatoms. The van der Waals surface area contributed by atoms with Crippen LogP contribution in [0.4, 0.5) is 5.69 Å². The number of carbonyl (C=O) groups is 1. The van der Waals surface area contributed by atoms with Gasteiger partial charge in [0, 0.05) is 12.2 Å². The zero-order valence-electron chi connectivity index (χ0n) is 14.1. The summed E-state index contributed by atoms with van der Waals surface area (Å²) >= 11 is 0. The first kappa shape index (κ1) is 18.2. The molecule has 0 aromatic heterocycles. The molecule has 0 saturated heterocycles. The molecular weight excluding hydrogens is 324 g/mol. The van der Waals surface area contributed by atoms with E-state index in [2.05, 4.69) is 5.32 Å². The van der Waals surface area contributed by atoms with Crippen molar-refractivity contribution in [2.24, 2.45) is 0 Å². The number of nitrogens with one attached hydrogen (secondary N) is 1. The Hall–Kier alpha value is -2.18. The normalized spacial score (nSPS) is 11.5. The lowest BCUT2D eigenvalue weighted by Crippen LogP contribution is -2.37. The predicted octanol–water partition coefficient (Wildman–Crippen LogP) is 2.95. The van der Waals surface area contributed by atoms with Crippen LogP contribution < -0.4 is 5.32 Å². The summed E-state index contributed by atoms with van der Waals surface area (Å²) in [7, 11) is -3.69. The van der Waals surface area contributed by atoms with E-state index in [1.807, 2.05) is 32.0 Å². The summed E-state index contributed by atoms with van der Waals surface area (Å²) in [5.41, 5.74) is 2.59. The maximum atomic E-state index is 12.7. The SMILES string of the molecule is CCN(CC(=O)Nc1ccccc1C)S(=O)(=O)c1ccc(C)cc1. The van der Waals surface area contributed by atoms with Gasteiger partial charge in [-0.1, -0.05) is 42.8 Å². The predicted molar refractivity (Wildman–Crippen MR) is 95.4 cm³/mol. The minimum Gasteiger partial charge on any atom is -0.325 e. The number of benzene rings is 2. The molecule has 2 aromatic carbocycles. The first-order valence-electron chi connectivity index (χ1n) is 7.77. The van der Waals surface area contributed by atoms with Gasteiger partial charge in [0.1, 0.15) is 0 Å². The van der Waals surface area contributed by atoms with Crippen LogP contribution in [0.3, 0.4) is 0 Å². The van der Waals surface area contributed by atoms with Gasteiger partial charge in [0.2, 0.25) is 15.9 Å². The van der Waals surface area contributed by atoms with Crippen molar-refractivity contribution in [2.45, 2.75) is 25.7 Å². The second-order valence-electron chi connectivity index (χ2n) is 5.61. The average molecular weight is 346 g/mol. The highest BCUT2D eigenvalue weighted by atomic mass is 32.2. The Bertz CT molecular complexity index is 814. The second kappa shape index (κ2) is 7.59. The summed E-state index contributed by atoms with van der Waals surface area (Å²) in [5, 5.41) is 2.76. The molecule has 0 saturated carbocycles. The zero-order chi connectivity index (χ0) is 17.7. The van der Waals surface area contributed by atoms with Crippen molar-refractivity contribution < 1.29 is 13.2 Å². The Labute approximate surface area is 143 Å². The van der Waals surface area contributed by atoms with Gasteiger partial charge in [-0.3, -0.25) is 4.79 Å². The number of rotatable bonds is 6. The number of anilines is 1. The van der Waals surface area contributed by atoms with Gasteiger partial charge in [-0.25, -0.2) is 8.42 Å². The number of carbonyl (C=O) groups excluding carboxylic acids is 1. The summed E-state index contributed by atoms with van der Waals surface area (Å²) < 4.78 is 26.5. The third-order valence-corrected chi connectivity index (χ3v) is 5.69. The molecule has 0 aliphatic rings. The lowest BCUT2D eigenvalue weighted by molar-refractivity contribution is -0.116. The Morgan fingerprint density at radius 1 is 1.04 bits per heavy atom.